The Labute approximate surface area is 141 Å². The van der Waals surface area contributed by atoms with Crippen LogP contribution in [0.25, 0.3) is 0 Å². The fraction of sp³-hybridized carbons (Fsp3) is 0.944. The van der Waals surface area contributed by atoms with Crippen molar-refractivity contribution in [1.82, 2.24) is 9.80 Å². The van der Waals surface area contributed by atoms with E-state index in [0.29, 0.717) is 12.7 Å². The minimum Gasteiger partial charge on any atom is -0.376 e. The Morgan fingerprint density at radius 3 is 2.43 bits per heavy atom. The maximum Gasteiger partial charge on any atom is 0.319 e. The molecule has 2 atom stereocenters. The molecule has 2 rings (SSSR count). The Hall–Kier alpha value is -0.810. The van der Waals surface area contributed by atoms with Gasteiger partial charge in [0.15, 0.2) is 0 Å². The number of ether oxygens (including phenoxy) is 1. The minimum absolute atomic E-state index is 0.0153. The van der Waals surface area contributed by atoms with E-state index in [4.69, 9.17) is 10.5 Å². The maximum absolute atomic E-state index is 12.4. The van der Waals surface area contributed by atoms with Crippen molar-refractivity contribution in [2.75, 3.05) is 27.2 Å². The lowest BCUT2D eigenvalue weighted by atomic mass is 9.80. The summed E-state index contributed by atoms with van der Waals surface area (Å²) in [5.41, 5.74) is 6.29. The van der Waals surface area contributed by atoms with E-state index < -0.39 is 0 Å². The summed E-state index contributed by atoms with van der Waals surface area (Å²) >= 11 is 0. The van der Waals surface area contributed by atoms with Crippen LogP contribution in [0.5, 0.6) is 0 Å². The molecule has 0 bridgehead atoms. The summed E-state index contributed by atoms with van der Waals surface area (Å²) in [4.78, 5) is 15.9. The van der Waals surface area contributed by atoms with Gasteiger partial charge in [0.1, 0.15) is 0 Å². The number of amides is 2. The Morgan fingerprint density at radius 1 is 1.22 bits per heavy atom. The van der Waals surface area contributed by atoms with Crippen LogP contribution in [0.4, 0.5) is 4.79 Å². The normalized spacial score (nSPS) is 32.2. The highest BCUT2D eigenvalue weighted by atomic mass is 16.5. The summed E-state index contributed by atoms with van der Waals surface area (Å²) in [5, 5.41) is 0. The predicted molar refractivity (Wildman–Crippen MR) is 93.3 cm³/mol. The van der Waals surface area contributed by atoms with E-state index in [1.165, 1.54) is 12.8 Å². The molecule has 1 aliphatic heterocycles. The molecule has 0 radical (unpaired) electrons. The molecule has 1 saturated heterocycles. The van der Waals surface area contributed by atoms with Crippen LogP contribution in [0.3, 0.4) is 0 Å². The molecule has 0 aromatic rings. The monoisotopic (exact) mass is 325 g/mol. The zero-order chi connectivity index (χ0) is 17.0. The van der Waals surface area contributed by atoms with Gasteiger partial charge in [0.05, 0.1) is 18.8 Å². The van der Waals surface area contributed by atoms with E-state index in [1.807, 2.05) is 4.90 Å². The number of carbonyl (C=O) groups is 1. The molecular formula is C18H35N3O2. The van der Waals surface area contributed by atoms with Gasteiger partial charge in [0.25, 0.3) is 0 Å². The topological polar surface area (TPSA) is 58.8 Å². The highest BCUT2D eigenvalue weighted by Crippen LogP contribution is 2.31. The summed E-state index contributed by atoms with van der Waals surface area (Å²) in [5.74, 6) is 1.62. The molecule has 134 valence electrons. The number of rotatable bonds is 4. The summed E-state index contributed by atoms with van der Waals surface area (Å²) < 4.78 is 6.19. The van der Waals surface area contributed by atoms with Crippen molar-refractivity contribution in [3.8, 4) is 0 Å². The highest BCUT2D eigenvalue weighted by Gasteiger charge is 2.34. The zero-order valence-corrected chi connectivity index (χ0v) is 15.3. The summed E-state index contributed by atoms with van der Waals surface area (Å²) in [6.45, 7) is 6.01. The van der Waals surface area contributed by atoms with Gasteiger partial charge < -0.3 is 20.3 Å². The average molecular weight is 325 g/mol. The highest BCUT2D eigenvalue weighted by molar-refractivity contribution is 5.74. The van der Waals surface area contributed by atoms with Crippen LogP contribution in [-0.2, 0) is 4.74 Å². The molecule has 1 aliphatic carbocycles. The fourth-order valence-electron chi connectivity index (χ4n) is 3.95. The van der Waals surface area contributed by atoms with E-state index in [9.17, 15) is 4.79 Å². The third kappa shape index (κ3) is 4.83. The van der Waals surface area contributed by atoms with Crippen LogP contribution in [0.1, 0.15) is 52.4 Å². The fourth-order valence-corrected chi connectivity index (χ4v) is 3.95. The second kappa shape index (κ2) is 8.34. The van der Waals surface area contributed by atoms with Gasteiger partial charge in [-0.25, -0.2) is 4.79 Å². The predicted octanol–water partition coefficient (Wildman–Crippen LogP) is 2.69. The lowest BCUT2D eigenvalue weighted by molar-refractivity contribution is -0.0246. The van der Waals surface area contributed by atoms with Gasteiger partial charge in [-0.3, -0.25) is 0 Å². The quantitative estimate of drug-likeness (QED) is 0.864. The summed E-state index contributed by atoms with van der Waals surface area (Å²) in [7, 11) is 3.60. The second-order valence-corrected chi connectivity index (χ2v) is 7.86. The Morgan fingerprint density at radius 2 is 1.87 bits per heavy atom. The zero-order valence-electron chi connectivity index (χ0n) is 15.3. The summed E-state index contributed by atoms with van der Waals surface area (Å²) in [6, 6.07) is 0.0957. The minimum atomic E-state index is 0.0153. The van der Waals surface area contributed by atoms with Crippen LogP contribution in [-0.4, -0.2) is 61.3 Å². The molecule has 23 heavy (non-hydrogen) atoms. The Kier molecular flexibility index (Phi) is 6.72. The summed E-state index contributed by atoms with van der Waals surface area (Å²) in [6.07, 6.45) is 7.12. The first-order valence-electron chi connectivity index (χ1n) is 9.25. The van der Waals surface area contributed by atoms with Gasteiger partial charge in [-0.15, -0.1) is 0 Å². The molecule has 5 nitrogen and oxygen atoms in total. The number of carbonyl (C=O) groups excluding carboxylic acids is 1. The smallest absolute Gasteiger partial charge is 0.319 e. The SMILES string of the molecule is CC(C)[C@H]1CC[C@@H](OC[C@H]2[C@@H](N)CCCN2C(=O)N(C)C)CC1. The number of nitrogens with zero attached hydrogens (tertiary/aromatic N) is 2. The third-order valence-corrected chi connectivity index (χ3v) is 5.62. The third-order valence-electron chi connectivity index (χ3n) is 5.62. The van der Waals surface area contributed by atoms with Crippen LogP contribution < -0.4 is 5.73 Å². The van der Waals surface area contributed by atoms with Crippen molar-refractivity contribution >= 4 is 6.03 Å². The molecule has 5 heteroatoms. The Balaban J connectivity index is 1.85. The lowest BCUT2D eigenvalue weighted by Gasteiger charge is -2.41. The number of nitrogens with two attached hydrogens (primary N) is 1. The van der Waals surface area contributed by atoms with Gasteiger partial charge in [-0.05, 0) is 50.4 Å². The molecule has 1 heterocycles. The van der Waals surface area contributed by atoms with Crippen molar-refractivity contribution in [3.05, 3.63) is 0 Å². The molecule has 1 saturated carbocycles. The van der Waals surface area contributed by atoms with Gasteiger partial charge in [-0.1, -0.05) is 13.8 Å². The number of urea groups is 1. The van der Waals surface area contributed by atoms with Gasteiger partial charge in [0.2, 0.25) is 0 Å². The van der Waals surface area contributed by atoms with Crippen LogP contribution >= 0.6 is 0 Å². The average Bonchev–Trinajstić information content (AvgIpc) is 2.53. The molecule has 2 N–H and O–H groups in total. The largest absolute Gasteiger partial charge is 0.376 e. The number of piperidine rings is 1. The van der Waals surface area contributed by atoms with Crippen molar-refractivity contribution in [2.24, 2.45) is 17.6 Å². The van der Waals surface area contributed by atoms with E-state index in [-0.39, 0.29) is 18.1 Å². The first kappa shape index (κ1) is 18.5. The van der Waals surface area contributed by atoms with Crippen molar-refractivity contribution in [1.29, 1.82) is 0 Å². The molecule has 0 aromatic heterocycles. The molecule has 0 spiro atoms. The van der Waals surface area contributed by atoms with Gasteiger partial charge >= 0.3 is 6.03 Å². The second-order valence-electron chi connectivity index (χ2n) is 7.86. The van der Waals surface area contributed by atoms with Gasteiger partial charge in [0, 0.05) is 26.7 Å². The Bertz CT molecular complexity index is 378. The molecule has 0 aromatic carbocycles. The van der Waals surface area contributed by atoms with Crippen LogP contribution in [0.15, 0.2) is 0 Å². The first-order chi connectivity index (χ1) is 10.9. The lowest BCUT2D eigenvalue weighted by Crippen LogP contribution is -2.58. The van der Waals surface area contributed by atoms with Crippen molar-refractivity contribution in [3.63, 3.8) is 0 Å². The van der Waals surface area contributed by atoms with Gasteiger partial charge in [-0.2, -0.15) is 0 Å². The van der Waals surface area contributed by atoms with E-state index in [1.54, 1.807) is 19.0 Å². The standard InChI is InChI=1S/C18H35N3O2/c1-13(2)14-7-9-15(10-8-14)23-12-17-16(19)6-5-11-21(17)18(22)20(3)4/h13-17H,5-12,19H2,1-4H3/t14-,15+,16-,17-/m0/s1. The van der Waals surface area contributed by atoms with E-state index in [0.717, 1.165) is 44.1 Å². The molecule has 0 unspecified atom stereocenters. The molecular weight excluding hydrogens is 290 g/mol. The maximum atomic E-state index is 12.4. The first-order valence-corrected chi connectivity index (χ1v) is 9.25. The van der Waals surface area contributed by atoms with Crippen LogP contribution in [0.2, 0.25) is 0 Å². The molecule has 2 aliphatic rings. The molecule has 2 fully saturated rings. The van der Waals surface area contributed by atoms with Crippen molar-refractivity contribution in [2.45, 2.75) is 70.6 Å². The number of hydrogen-bond donors (Lipinski definition) is 1. The molecule has 2 amide bonds. The van der Waals surface area contributed by atoms with Crippen molar-refractivity contribution < 1.29 is 9.53 Å². The van der Waals surface area contributed by atoms with E-state index >= 15 is 0 Å². The number of likely N-dealkylation sites (tertiary alicyclic amines) is 1. The van der Waals surface area contributed by atoms with Crippen LogP contribution in [0, 0.1) is 11.8 Å². The van der Waals surface area contributed by atoms with E-state index in [2.05, 4.69) is 13.8 Å². The number of hydrogen-bond acceptors (Lipinski definition) is 3.